The lowest BCUT2D eigenvalue weighted by Crippen LogP contribution is -3.13. The summed E-state index contributed by atoms with van der Waals surface area (Å²) in [5.41, 5.74) is 5.03. The number of nitrogens with zero attached hydrogens (tertiary/aromatic N) is 1. The van der Waals surface area contributed by atoms with Crippen LogP contribution < -0.4 is 4.90 Å². The Morgan fingerprint density at radius 2 is 1.59 bits per heavy atom. The third-order valence-corrected chi connectivity index (χ3v) is 7.57. The Bertz CT molecular complexity index is 946. The first kappa shape index (κ1) is 19.9. The van der Waals surface area contributed by atoms with Crippen LogP contribution in [-0.2, 0) is 16.6 Å². The van der Waals surface area contributed by atoms with E-state index in [1.165, 1.54) is 10.5 Å². The summed E-state index contributed by atoms with van der Waals surface area (Å²) in [6.45, 7) is 11.0. The first-order valence-corrected chi connectivity index (χ1v) is 10.8. The van der Waals surface area contributed by atoms with E-state index in [0.29, 0.717) is 30.3 Å². The van der Waals surface area contributed by atoms with Gasteiger partial charge in [0.1, 0.15) is 12.3 Å². The van der Waals surface area contributed by atoms with E-state index < -0.39 is 10.0 Å². The van der Waals surface area contributed by atoms with Gasteiger partial charge in [-0.25, -0.2) is 8.42 Å². The minimum absolute atomic E-state index is 0.330. The minimum atomic E-state index is -3.46. The van der Waals surface area contributed by atoms with Gasteiger partial charge in [-0.3, -0.25) is 0 Å². The molecule has 27 heavy (non-hydrogen) atoms. The molecule has 0 unspecified atom stereocenters. The van der Waals surface area contributed by atoms with Gasteiger partial charge in [0.25, 0.3) is 0 Å². The fourth-order valence-electron chi connectivity index (χ4n) is 3.72. The standard InChI is InChI=1S/C21H28N2O3S/c1-15-5-6-21(18(4)11-15)27(25,26)23-9-7-22(8-10-23)14-19-12-16(2)17(3)13-20(19)24/h5-6,11-13,24H,7-10,14H2,1-4H3/p+1. The highest BCUT2D eigenvalue weighted by Gasteiger charge is 2.31. The number of quaternary nitrogens is 1. The Hall–Kier alpha value is -1.89. The normalized spacial score (nSPS) is 16.6. The van der Waals surface area contributed by atoms with Gasteiger partial charge in [-0.05, 0) is 62.6 Å². The quantitative estimate of drug-likeness (QED) is 0.837. The highest BCUT2D eigenvalue weighted by Crippen LogP contribution is 2.22. The fraction of sp³-hybridized carbons (Fsp3) is 0.429. The van der Waals surface area contributed by atoms with Gasteiger partial charge in [0, 0.05) is 5.56 Å². The number of hydrogen-bond acceptors (Lipinski definition) is 3. The number of phenolic OH excluding ortho intramolecular Hbond substituents is 1. The Kier molecular flexibility index (Phi) is 5.60. The summed E-state index contributed by atoms with van der Waals surface area (Å²) >= 11 is 0. The number of aryl methyl sites for hydroxylation is 4. The first-order chi connectivity index (χ1) is 12.7. The molecule has 0 spiro atoms. The molecule has 0 saturated carbocycles. The number of benzene rings is 2. The highest BCUT2D eigenvalue weighted by molar-refractivity contribution is 7.89. The first-order valence-electron chi connectivity index (χ1n) is 9.38. The zero-order valence-corrected chi connectivity index (χ0v) is 17.4. The van der Waals surface area contributed by atoms with E-state index in [2.05, 4.69) is 0 Å². The van der Waals surface area contributed by atoms with Gasteiger partial charge >= 0.3 is 0 Å². The Labute approximate surface area is 162 Å². The molecule has 0 aromatic heterocycles. The van der Waals surface area contributed by atoms with Crippen molar-refractivity contribution < 1.29 is 18.4 Å². The lowest BCUT2D eigenvalue weighted by atomic mass is 10.0. The molecular formula is C21H29N2O3S+. The summed E-state index contributed by atoms with van der Waals surface area (Å²) in [6, 6.07) is 9.33. The smallest absolute Gasteiger partial charge is 0.243 e. The molecule has 5 nitrogen and oxygen atoms in total. The summed E-state index contributed by atoms with van der Waals surface area (Å²) in [6.07, 6.45) is 0. The summed E-state index contributed by atoms with van der Waals surface area (Å²) in [5, 5.41) is 10.2. The molecule has 2 aromatic rings. The maximum absolute atomic E-state index is 13.0. The molecule has 0 amide bonds. The van der Waals surface area contributed by atoms with Gasteiger partial charge in [0.2, 0.25) is 10.0 Å². The van der Waals surface area contributed by atoms with Gasteiger partial charge in [-0.2, -0.15) is 4.31 Å². The molecule has 0 atom stereocenters. The van der Waals surface area contributed by atoms with Crippen molar-refractivity contribution >= 4 is 10.0 Å². The number of rotatable bonds is 4. The molecule has 1 heterocycles. The maximum atomic E-state index is 13.0. The van der Waals surface area contributed by atoms with E-state index in [1.54, 1.807) is 10.4 Å². The summed E-state index contributed by atoms with van der Waals surface area (Å²) in [5.74, 6) is 0.330. The van der Waals surface area contributed by atoms with Crippen LogP contribution >= 0.6 is 0 Å². The van der Waals surface area contributed by atoms with Crippen LogP contribution in [0, 0.1) is 27.7 Å². The average Bonchev–Trinajstić information content (AvgIpc) is 2.60. The van der Waals surface area contributed by atoms with Gasteiger partial charge in [-0.15, -0.1) is 0 Å². The Balaban J connectivity index is 1.69. The molecule has 146 valence electrons. The number of aromatic hydroxyl groups is 1. The van der Waals surface area contributed by atoms with Gasteiger partial charge in [0.15, 0.2) is 0 Å². The molecule has 1 aliphatic heterocycles. The predicted octanol–water partition coefficient (Wildman–Crippen LogP) is 1.72. The van der Waals surface area contributed by atoms with Crippen molar-refractivity contribution in [3.05, 3.63) is 58.1 Å². The molecule has 0 radical (unpaired) electrons. The maximum Gasteiger partial charge on any atom is 0.243 e. The summed E-state index contributed by atoms with van der Waals surface area (Å²) in [7, 11) is -3.46. The number of piperazine rings is 1. The second-order valence-electron chi connectivity index (χ2n) is 7.66. The van der Waals surface area contributed by atoms with Gasteiger partial charge < -0.3 is 10.0 Å². The van der Waals surface area contributed by atoms with E-state index in [4.69, 9.17) is 0 Å². The van der Waals surface area contributed by atoms with Crippen molar-refractivity contribution in [2.24, 2.45) is 0 Å². The molecule has 2 aromatic carbocycles. The van der Waals surface area contributed by atoms with Crippen LogP contribution in [0.4, 0.5) is 0 Å². The van der Waals surface area contributed by atoms with Gasteiger partial charge in [0.05, 0.1) is 31.1 Å². The van der Waals surface area contributed by atoms with Crippen LogP contribution in [0.1, 0.15) is 27.8 Å². The zero-order valence-electron chi connectivity index (χ0n) is 16.5. The van der Waals surface area contributed by atoms with E-state index >= 15 is 0 Å². The summed E-state index contributed by atoms with van der Waals surface area (Å²) < 4.78 is 27.6. The third-order valence-electron chi connectivity index (χ3n) is 5.51. The molecule has 3 rings (SSSR count). The zero-order chi connectivity index (χ0) is 19.8. The summed E-state index contributed by atoms with van der Waals surface area (Å²) in [4.78, 5) is 1.70. The van der Waals surface area contributed by atoms with E-state index in [-0.39, 0.29) is 0 Å². The number of phenols is 1. The SMILES string of the molecule is Cc1ccc(S(=O)(=O)N2CC[NH+](Cc3cc(C)c(C)cc3O)CC2)c(C)c1. The molecule has 0 aliphatic carbocycles. The second-order valence-corrected chi connectivity index (χ2v) is 9.57. The number of sulfonamides is 1. The molecule has 2 N–H and O–H groups in total. The van der Waals surface area contributed by atoms with Crippen LogP contribution in [0.5, 0.6) is 5.75 Å². The lowest BCUT2D eigenvalue weighted by molar-refractivity contribution is -0.917. The monoisotopic (exact) mass is 389 g/mol. The van der Waals surface area contributed by atoms with Crippen molar-refractivity contribution in [2.75, 3.05) is 26.2 Å². The van der Waals surface area contributed by atoms with Crippen molar-refractivity contribution in [1.82, 2.24) is 4.31 Å². The Morgan fingerprint density at radius 1 is 0.963 bits per heavy atom. The largest absolute Gasteiger partial charge is 0.507 e. The van der Waals surface area contributed by atoms with E-state index in [0.717, 1.165) is 35.3 Å². The van der Waals surface area contributed by atoms with Crippen molar-refractivity contribution in [1.29, 1.82) is 0 Å². The third kappa shape index (κ3) is 4.18. The molecule has 1 saturated heterocycles. The molecule has 6 heteroatoms. The number of nitrogens with one attached hydrogen (secondary N) is 1. The molecule has 1 fully saturated rings. The van der Waals surface area contributed by atoms with Crippen molar-refractivity contribution in [2.45, 2.75) is 39.1 Å². The molecular weight excluding hydrogens is 360 g/mol. The number of hydrogen-bond donors (Lipinski definition) is 2. The second kappa shape index (κ2) is 7.62. The van der Waals surface area contributed by atoms with E-state index in [1.807, 2.05) is 52.0 Å². The molecule has 1 aliphatic rings. The van der Waals surface area contributed by atoms with Crippen molar-refractivity contribution in [3.8, 4) is 5.75 Å². The highest BCUT2D eigenvalue weighted by atomic mass is 32.2. The van der Waals surface area contributed by atoms with E-state index in [9.17, 15) is 13.5 Å². The topological polar surface area (TPSA) is 62.0 Å². The minimum Gasteiger partial charge on any atom is -0.507 e. The predicted molar refractivity (Wildman–Crippen MR) is 107 cm³/mol. The van der Waals surface area contributed by atoms with Crippen LogP contribution in [0.15, 0.2) is 35.2 Å². The van der Waals surface area contributed by atoms with Gasteiger partial charge in [-0.1, -0.05) is 17.7 Å². The van der Waals surface area contributed by atoms with Crippen LogP contribution in [-0.4, -0.2) is 44.0 Å². The molecule has 0 bridgehead atoms. The average molecular weight is 390 g/mol. The van der Waals surface area contributed by atoms with Crippen LogP contribution in [0.25, 0.3) is 0 Å². The van der Waals surface area contributed by atoms with Crippen molar-refractivity contribution in [3.63, 3.8) is 0 Å². The van der Waals surface area contributed by atoms with Crippen LogP contribution in [0.3, 0.4) is 0 Å². The Morgan fingerprint density at radius 3 is 2.22 bits per heavy atom. The van der Waals surface area contributed by atoms with Crippen LogP contribution in [0.2, 0.25) is 0 Å². The lowest BCUT2D eigenvalue weighted by Gasteiger charge is -2.32. The fourth-order valence-corrected chi connectivity index (χ4v) is 5.37.